The summed E-state index contributed by atoms with van der Waals surface area (Å²) in [4.78, 5) is 7.94. The van der Waals surface area contributed by atoms with Crippen LogP contribution in [0.3, 0.4) is 0 Å². The van der Waals surface area contributed by atoms with Crippen LogP contribution in [-0.4, -0.2) is 9.97 Å². The van der Waals surface area contributed by atoms with Crippen LogP contribution in [0.15, 0.2) is 30.6 Å². The van der Waals surface area contributed by atoms with E-state index in [-0.39, 0.29) is 11.6 Å². The minimum atomic E-state index is -0.523. The topological polar surface area (TPSA) is 61.0 Å². The van der Waals surface area contributed by atoms with Crippen molar-refractivity contribution < 1.29 is 9.13 Å². The largest absolute Gasteiger partial charge is 0.434 e. The molecule has 0 bridgehead atoms. The average molecular weight is 219 g/mol. The SMILES string of the molecule is Cc1nccnc1Oc1ccc(N)cc1F. The lowest BCUT2D eigenvalue weighted by Gasteiger charge is -2.07. The first-order valence-electron chi connectivity index (χ1n) is 4.67. The van der Waals surface area contributed by atoms with Gasteiger partial charge in [0, 0.05) is 24.1 Å². The van der Waals surface area contributed by atoms with Crippen molar-refractivity contribution in [3.63, 3.8) is 0 Å². The molecule has 82 valence electrons. The Labute approximate surface area is 91.9 Å². The molecule has 0 aliphatic rings. The number of benzene rings is 1. The van der Waals surface area contributed by atoms with Crippen molar-refractivity contribution in [3.8, 4) is 11.6 Å². The molecule has 0 fully saturated rings. The summed E-state index contributed by atoms with van der Waals surface area (Å²) < 4.78 is 18.7. The Bertz CT molecular complexity index is 516. The van der Waals surface area contributed by atoms with Gasteiger partial charge in [0.05, 0.1) is 5.69 Å². The summed E-state index contributed by atoms with van der Waals surface area (Å²) >= 11 is 0. The van der Waals surface area contributed by atoms with E-state index in [2.05, 4.69) is 9.97 Å². The lowest BCUT2D eigenvalue weighted by Crippen LogP contribution is -1.96. The van der Waals surface area contributed by atoms with E-state index in [9.17, 15) is 4.39 Å². The van der Waals surface area contributed by atoms with Crippen LogP contribution in [0.4, 0.5) is 10.1 Å². The molecule has 5 heteroatoms. The number of hydrogen-bond acceptors (Lipinski definition) is 4. The molecule has 16 heavy (non-hydrogen) atoms. The van der Waals surface area contributed by atoms with Gasteiger partial charge in [-0.2, -0.15) is 0 Å². The second-order valence-electron chi connectivity index (χ2n) is 3.24. The Hall–Kier alpha value is -2.17. The molecule has 4 nitrogen and oxygen atoms in total. The maximum Gasteiger partial charge on any atom is 0.240 e. The van der Waals surface area contributed by atoms with Crippen molar-refractivity contribution in [1.82, 2.24) is 9.97 Å². The first-order chi connectivity index (χ1) is 7.66. The van der Waals surface area contributed by atoms with Crippen molar-refractivity contribution in [2.45, 2.75) is 6.92 Å². The van der Waals surface area contributed by atoms with E-state index >= 15 is 0 Å². The number of rotatable bonds is 2. The number of nitrogen functional groups attached to an aromatic ring is 1. The molecule has 0 aliphatic carbocycles. The second-order valence-corrected chi connectivity index (χ2v) is 3.24. The molecule has 2 N–H and O–H groups in total. The van der Waals surface area contributed by atoms with Crippen molar-refractivity contribution in [2.75, 3.05) is 5.73 Å². The highest BCUT2D eigenvalue weighted by Gasteiger charge is 2.08. The molecule has 0 atom stereocenters. The third kappa shape index (κ3) is 2.08. The monoisotopic (exact) mass is 219 g/mol. The zero-order valence-electron chi connectivity index (χ0n) is 8.64. The van der Waals surface area contributed by atoms with Crippen LogP contribution in [0.25, 0.3) is 0 Å². The fourth-order valence-electron chi connectivity index (χ4n) is 1.20. The highest BCUT2D eigenvalue weighted by atomic mass is 19.1. The van der Waals surface area contributed by atoms with E-state index in [1.54, 1.807) is 19.2 Å². The molecule has 2 aromatic rings. The summed E-state index contributed by atoms with van der Waals surface area (Å²) in [5, 5.41) is 0. The van der Waals surface area contributed by atoms with Gasteiger partial charge < -0.3 is 10.5 Å². The molecular formula is C11H10FN3O. The first-order valence-corrected chi connectivity index (χ1v) is 4.67. The minimum absolute atomic E-state index is 0.0813. The molecule has 0 aliphatic heterocycles. The molecule has 0 spiro atoms. The Kier molecular flexibility index (Phi) is 2.68. The van der Waals surface area contributed by atoms with E-state index in [1.807, 2.05) is 0 Å². The van der Waals surface area contributed by atoms with Crippen LogP contribution in [-0.2, 0) is 0 Å². The van der Waals surface area contributed by atoms with Gasteiger partial charge in [-0.05, 0) is 19.1 Å². The van der Waals surface area contributed by atoms with Gasteiger partial charge in [-0.3, -0.25) is 4.98 Å². The molecule has 0 amide bonds. The third-order valence-electron chi connectivity index (χ3n) is 2.00. The van der Waals surface area contributed by atoms with E-state index in [4.69, 9.17) is 10.5 Å². The number of aryl methyl sites for hydroxylation is 1. The Morgan fingerprint density at radius 1 is 1.25 bits per heavy atom. The fourth-order valence-corrected chi connectivity index (χ4v) is 1.20. The molecule has 0 unspecified atom stereocenters. The number of aromatic nitrogens is 2. The molecular weight excluding hydrogens is 209 g/mol. The Morgan fingerprint density at radius 2 is 2.00 bits per heavy atom. The number of nitrogens with zero attached hydrogens (tertiary/aromatic N) is 2. The molecule has 0 saturated carbocycles. The summed E-state index contributed by atoms with van der Waals surface area (Å²) in [5.41, 5.74) is 6.37. The van der Waals surface area contributed by atoms with Gasteiger partial charge >= 0.3 is 0 Å². The van der Waals surface area contributed by atoms with Gasteiger partial charge in [-0.15, -0.1) is 0 Å². The van der Waals surface area contributed by atoms with E-state index in [1.165, 1.54) is 18.3 Å². The van der Waals surface area contributed by atoms with Crippen molar-refractivity contribution in [1.29, 1.82) is 0 Å². The van der Waals surface area contributed by atoms with Crippen LogP contribution in [0, 0.1) is 12.7 Å². The van der Waals surface area contributed by atoms with Gasteiger partial charge in [0.1, 0.15) is 0 Å². The number of ether oxygens (including phenoxy) is 1. The lowest BCUT2D eigenvalue weighted by atomic mass is 10.3. The van der Waals surface area contributed by atoms with Crippen LogP contribution >= 0.6 is 0 Å². The van der Waals surface area contributed by atoms with Crippen LogP contribution < -0.4 is 10.5 Å². The Balaban J connectivity index is 2.31. The van der Waals surface area contributed by atoms with Crippen molar-refractivity contribution >= 4 is 5.69 Å². The minimum Gasteiger partial charge on any atom is -0.434 e. The summed E-state index contributed by atoms with van der Waals surface area (Å²) in [6.07, 6.45) is 3.03. The van der Waals surface area contributed by atoms with E-state index in [0.717, 1.165) is 0 Å². The van der Waals surface area contributed by atoms with E-state index < -0.39 is 5.82 Å². The molecule has 0 saturated heterocycles. The fraction of sp³-hybridized carbons (Fsp3) is 0.0909. The zero-order chi connectivity index (χ0) is 11.5. The molecule has 2 rings (SSSR count). The number of hydrogen-bond donors (Lipinski definition) is 1. The quantitative estimate of drug-likeness (QED) is 0.787. The van der Waals surface area contributed by atoms with E-state index in [0.29, 0.717) is 11.4 Å². The third-order valence-corrected chi connectivity index (χ3v) is 2.00. The lowest BCUT2D eigenvalue weighted by molar-refractivity contribution is 0.422. The summed E-state index contributed by atoms with van der Waals surface area (Å²) in [6.45, 7) is 1.73. The summed E-state index contributed by atoms with van der Waals surface area (Å²) in [6, 6.07) is 4.21. The maximum atomic E-state index is 13.4. The van der Waals surface area contributed by atoms with Crippen molar-refractivity contribution in [2.24, 2.45) is 0 Å². The van der Waals surface area contributed by atoms with Gasteiger partial charge in [0.25, 0.3) is 0 Å². The molecule has 1 heterocycles. The van der Waals surface area contributed by atoms with Crippen LogP contribution in [0.1, 0.15) is 5.69 Å². The van der Waals surface area contributed by atoms with Gasteiger partial charge in [0.15, 0.2) is 11.6 Å². The zero-order valence-corrected chi connectivity index (χ0v) is 8.64. The normalized spacial score (nSPS) is 10.1. The van der Waals surface area contributed by atoms with Crippen LogP contribution in [0.5, 0.6) is 11.6 Å². The van der Waals surface area contributed by atoms with Crippen molar-refractivity contribution in [3.05, 3.63) is 42.1 Å². The molecule has 1 aromatic carbocycles. The Morgan fingerprint density at radius 3 is 2.69 bits per heavy atom. The predicted molar refractivity (Wildman–Crippen MR) is 57.7 cm³/mol. The highest BCUT2D eigenvalue weighted by Crippen LogP contribution is 2.25. The smallest absolute Gasteiger partial charge is 0.240 e. The standard InChI is InChI=1S/C11H10FN3O/c1-7-11(15-5-4-14-7)16-10-3-2-8(13)6-9(10)12/h2-6H,13H2,1H3. The predicted octanol–water partition coefficient (Wildman–Crippen LogP) is 2.30. The van der Waals surface area contributed by atoms with Crippen LogP contribution in [0.2, 0.25) is 0 Å². The summed E-state index contributed by atoms with van der Waals surface area (Å²) in [7, 11) is 0. The summed E-state index contributed by atoms with van der Waals surface area (Å²) in [5.74, 6) is -0.158. The number of halogens is 1. The molecule has 1 aromatic heterocycles. The van der Waals surface area contributed by atoms with Gasteiger partial charge in [-0.25, -0.2) is 9.37 Å². The van der Waals surface area contributed by atoms with Gasteiger partial charge in [0.2, 0.25) is 5.88 Å². The number of anilines is 1. The first kappa shape index (κ1) is 10.4. The molecule has 0 radical (unpaired) electrons. The maximum absolute atomic E-state index is 13.4. The highest BCUT2D eigenvalue weighted by molar-refractivity contribution is 5.43. The second kappa shape index (κ2) is 4.14. The average Bonchev–Trinajstić information content (AvgIpc) is 2.25. The van der Waals surface area contributed by atoms with Gasteiger partial charge in [-0.1, -0.05) is 0 Å². The number of nitrogens with two attached hydrogens (primary N) is 1.